The summed E-state index contributed by atoms with van der Waals surface area (Å²) in [5.74, 6) is -1.37. The van der Waals surface area contributed by atoms with E-state index in [0.29, 0.717) is 54.1 Å². The summed E-state index contributed by atoms with van der Waals surface area (Å²) in [6.45, 7) is 6.31. The SMILES string of the molecule is CC(=O)N/N=C1N=C(C)/C(=C(\C=Cc2ccc(C=C/C(NNC(=O)c3ccncc3)=C3/S/C(=N\NC(C)=O)N=C3C)cc2)NNC(=O)c2ccncc2)S/1. The highest BCUT2D eigenvalue weighted by Gasteiger charge is 2.22. The standard InChI is InChI=1S/C36H34N12O4S2/c1-21-31(53-35(39-21)47-41-23(3)49)29(43-45-33(51)27-13-17-37-18-14-27)11-9-25-5-7-26(8-6-25)10-12-30(44-46-34(52)28-15-19-38-20-16-28)32-22(2)40-36(54-32)48-42-24(4)50/h5-20,43-44H,1-4H3,(H,41,49)(H,42,50)(H,45,51)(H,46,52)/b11-9?,12-10?,31-29-,32-30-,47-35-,48-36-. The van der Waals surface area contributed by atoms with Gasteiger partial charge in [0.05, 0.1) is 32.6 Å². The fourth-order valence-electron chi connectivity index (χ4n) is 4.44. The number of carbonyl (C=O) groups excluding carboxylic acids is 4. The molecule has 0 aliphatic carbocycles. The van der Waals surface area contributed by atoms with Crippen LogP contribution in [-0.2, 0) is 9.59 Å². The van der Waals surface area contributed by atoms with Gasteiger partial charge in [-0.25, -0.2) is 20.8 Å². The number of amides is 4. The number of amidine groups is 2. The van der Waals surface area contributed by atoms with E-state index >= 15 is 0 Å². The van der Waals surface area contributed by atoms with Gasteiger partial charge >= 0.3 is 0 Å². The van der Waals surface area contributed by atoms with E-state index in [1.165, 1.54) is 62.2 Å². The van der Waals surface area contributed by atoms with Gasteiger partial charge in [-0.05, 0) is 84.9 Å². The van der Waals surface area contributed by atoms with Gasteiger partial charge in [0.15, 0.2) is 0 Å². The van der Waals surface area contributed by atoms with Crippen molar-refractivity contribution in [2.75, 3.05) is 0 Å². The van der Waals surface area contributed by atoms with Crippen LogP contribution in [0.15, 0.2) is 127 Å². The van der Waals surface area contributed by atoms with Crippen molar-refractivity contribution in [3.8, 4) is 0 Å². The summed E-state index contributed by atoms with van der Waals surface area (Å²) in [7, 11) is 0. The predicted molar refractivity (Wildman–Crippen MR) is 212 cm³/mol. The molecule has 5 rings (SSSR count). The highest BCUT2D eigenvalue weighted by Crippen LogP contribution is 2.31. The molecule has 0 bridgehead atoms. The molecule has 1 aromatic carbocycles. The van der Waals surface area contributed by atoms with Crippen molar-refractivity contribution in [3.63, 3.8) is 0 Å². The van der Waals surface area contributed by atoms with Crippen molar-refractivity contribution >= 4 is 81.1 Å². The van der Waals surface area contributed by atoms with Crippen LogP contribution in [0.2, 0.25) is 0 Å². The lowest BCUT2D eigenvalue weighted by atomic mass is 10.1. The first kappa shape index (κ1) is 38.6. The van der Waals surface area contributed by atoms with Gasteiger partial charge in [-0.1, -0.05) is 36.4 Å². The summed E-state index contributed by atoms with van der Waals surface area (Å²) >= 11 is 2.47. The second kappa shape index (κ2) is 18.7. The van der Waals surface area contributed by atoms with E-state index in [1.807, 2.05) is 36.4 Å². The molecule has 2 aliphatic heterocycles. The molecule has 0 radical (unpaired) electrons. The zero-order valence-electron chi connectivity index (χ0n) is 29.4. The van der Waals surface area contributed by atoms with Crippen molar-refractivity contribution in [3.05, 3.63) is 129 Å². The number of nitrogens with one attached hydrogen (secondary N) is 6. The fraction of sp³-hybridized carbons (Fsp3) is 0.111. The molecule has 0 fully saturated rings. The Kier molecular flexibility index (Phi) is 13.4. The minimum atomic E-state index is -0.362. The van der Waals surface area contributed by atoms with Crippen LogP contribution in [0, 0.1) is 0 Å². The summed E-state index contributed by atoms with van der Waals surface area (Å²) in [6.07, 6.45) is 13.5. The second-order valence-corrected chi connectivity index (χ2v) is 13.1. The molecule has 6 N–H and O–H groups in total. The maximum Gasteiger partial charge on any atom is 0.269 e. The molecule has 0 saturated carbocycles. The number of aromatic nitrogens is 2. The lowest BCUT2D eigenvalue weighted by Crippen LogP contribution is -2.37. The number of benzene rings is 1. The van der Waals surface area contributed by atoms with Crippen LogP contribution >= 0.6 is 23.5 Å². The average Bonchev–Trinajstić information content (AvgIpc) is 3.74. The molecule has 18 heteroatoms. The van der Waals surface area contributed by atoms with E-state index in [-0.39, 0.29) is 23.6 Å². The topological polar surface area (TPSA) is 216 Å². The summed E-state index contributed by atoms with van der Waals surface area (Å²) in [5, 5.41) is 8.76. The van der Waals surface area contributed by atoms with E-state index in [2.05, 4.69) is 62.7 Å². The van der Waals surface area contributed by atoms with Crippen LogP contribution in [0.1, 0.15) is 59.5 Å². The number of carbonyl (C=O) groups is 4. The molecular formula is C36H34N12O4S2. The average molecular weight is 763 g/mol. The van der Waals surface area contributed by atoms with Gasteiger partial charge in [-0.15, -0.1) is 10.2 Å². The third-order valence-corrected chi connectivity index (χ3v) is 9.17. The molecule has 0 unspecified atom stereocenters. The zero-order valence-corrected chi connectivity index (χ0v) is 31.0. The van der Waals surface area contributed by atoms with Crippen molar-refractivity contribution in [2.24, 2.45) is 20.2 Å². The molecule has 16 nitrogen and oxygen atoms in total. The number of hydrazone groups is 2. The van der Waals surface area contributed by atoms with Crippen LogP contribution in [0.3, 0.4) is 0 Å². The number of hydrogen-bond donors (Lipinski definition) is 6. The van der Waals surface area contributed by atoms with Crippen LogP contribution < -0.4 is 32.6 Å². The van der Waals surface area contributed by atoms with Crippen molar-refractivity contribution < 1.29 is 19.2 Å². The van der Waals surface area contributed by atoms with Gasteiger partial charge in [0.25, 0.3) is 11.8 Å². The molecule has 2 aromatic heterocycles. The second-order valence-electron chi connectivity index (χ2n) is 11.2. The molecule has 2 aliphatic rings. The minimum Gasteiger partial charge on any atom is -0.297 e. The van der Waals surface area contributed by atoms with E-state index in [0.717, 1.165) is 11.1 Å². The third kappa shape index (κ3) is 11.2. The molecule has 0 spiro atoms. The molecular weight excluding hydrogens is 729 g/mol. The first-order chi connectivity index (χ1) is 26.0. The Labute approximate surface area is 318 Å². The minimum absolute atomic E-state index is 0.324. The number of aliphatic imine (C=N–C) groups is 2. The van der Waals surface area contributed by atoms with Gasteiger partial charge in [-0.3, -0.25) is 50.8 Å². The molecule has 54 heavy (non-hydrogen) atoms. The number of hydrazine groups is 2. The summed E-state index contributed by atoms with van der Waals surface area (Å²) in [5.41, 5.74) is 21.1. The van der Waals surface area contributed by atoms with Crippen molar-refractivity contribution in [2.45, 2.75) is 27.7 Å². The van der Waals surface area contributed by atoms with E-state index in [9.17, 15) is 19.2 Å². The maximum atomic E-state index is 12.8. The number of nitrogens with zero attached hydrogens (tertiary/aromatic N) is 6. The largest absolute Gasteiger partial charge is 0.297 e. The molecule has 4 amide bonds. The van der Waals surface area contributed by atoms with Crippen LogP contribution in [0.25, 0.3) is 12.2 Å². The molecule has 274 valence electrons. The Balaban J connectivity index is 1.35. The number of hydrogen-bond acceptors (Lipinski definition) is 12. The molecule has 0 atom stereocenters. The predicted octanol–water partition coefficient (Wildman–Crippen LogP) is 4.03. The fourth-order valence-corrected chi connectivity index (χ4v) is 6.20. The van der Waals surface area contributed by atoms with Gasteiger partial charge in [0.1, 0.15) is 0 Å². The molecule has 4 heterocycles. The Morgan fingerprint density at radius 3 is 1.30 bits per heavy atom. The third-order valence-electron chi connectivity index (χ3n) is 7.01. The Bertz CT molecular complexity index is 2020. The van der Waals surface area contributed by atoms with Gasteiger partial charge < -0.3 is 0 Å². The monoisotopic (exact) mass is 762 g/mol. The Morgan fingerprint density at radius 2 is 0.944 bits per heavy atom. The number of pyridine rings is 2. The van der Waals surface area contributed by atoms with Crippen LogP contribution in [0.4, 0.5) is 0 Å². The maximum absolute atomic E-state index is 12.8. The molecule has 3 aromatic rings. The number of allylic oxidation sites excluding steroid dienone is 4. The lowest BCUT2D eigenvalue weighted by molar-refractivity contribution is -0.119. The van der Waals surface area contributed by atoms with Gasteiger partial charge in [0, 0.05) is 49.8 Å². The summed E-state index contributed by atoms with van der Waals surface area (Å²) in [4.78, 5) is 66.5. The van der Waals surface area contributed by atoms with E-state index < -0.39 is 0 Å². The van der Waals surface area contributed by atoms with E-state index in [4.69, 9.17) is 0 Å². The first-order valence-electron chi connectivity index (χ1n) is 16.1. The van der Waals surface area contributed by atoms with Crippen molar-refractivity contribution in [1.29, 1.82) is 0 Å². The first-order valence-corrected chi connectivity index (χ1v) is 17.7. The van der Waals surface area contributed by atoms with Crippen LogP contribution in [-0.4, -0.2) is 55.4 Å². The van der Waals surface area contributed by atoms with Crippen molar-refractivity contribution in [1.82, 2.24) is 42.5 Å². The van der Waals surface area contributed by atoms with E-state index in [1.54, 1.807) is 50.3 Å². The quantitative estimate of drug-likeness (QED) is 0.146. The Hall–Kier alpha value is -6.66. The summed E-state index contributed by atoms with van der Waals surface area (Å²) in [6, 6.07) is 14.1. The smallest absolute Gasteiger partial charge is 0.269 e. The lowest BCUT2D eigenvalue weighted by Gasteiger charge is -2.12. The zero-order chi connectivity index (χ0) is 38.5. The van der Waals surface area contributed by atoms with Gasteiger partial charge in [0.2, 0.25) is 22.1 Å². The molecule has 0 saturated heterocycles. The Morgan fingerprint density at radius 1 is 0.574 bits per heavy atom. The summed E-state index contributed by atoms with van der Waals surface area (Å²) < 4.78 is 0. The highest BCUT2D eigenvalue weighted by molar-refractivity contribution is 8.18. The van der Waals surface area contributed by atoms with Gasteiger partial charge in [-0.2, -0.15) is 0 Å². The highest BCUT2D eigenvalue weighted by atomic mass is 32.2. The number of rotatable bonds is 12. The number of thioether (sulfide) groups is 2. The van der Waals surface area contributed by atoms with Crippen LogP contribution in [0.5, 0.6) is 0 Å². The normalized spacial score (nSPS) is 17.3.